The third-order valence-electron chi connectivity index (χ3n) is 2.68. The normalized spacial score (nSPS) is 10.5. The summed E-state index contributed by atoms with van der Waals surface area (Å²) in [4.78, 5) is 23.4. The molecule has 0 aliphatic heterocycles. The van der Waals surface area contributed by atoms with E-state index in [2.05, 4.69) is 0 Å². The topological polar surface area (TPSA) is 65.7 Å². The Morgan fingerprint density at radius 3 is 2.75 bits per heavy atom. The Labute approximate surface area is 116 Å². The number of carbonyl (C=O) groups excluding carboxylic acids is 1. The van der Waals surface area contributed by atoms with Gasteiger partial charge >= 0.3 is 11.6 Å². The fraction of sp³-hybridized carbons (Fsp3) is 0.333. The van der Waals surface area contributed by atoms with Crippen molar-refractivity contribution in [1.29, 1.82) is 0 Å². The predicted octanol–water partition coefficient (Wildman–Crippen LogP) is 2.76. The lowest BCUT2D eigenvalue weighted by molar-refractivity contribution is 0.0522. The van der Waals surface area contributed by atoms with Crippen molar-refractivity contribution < 1.29 is 18.7 Å². The molecule has 0 spiro atoms. The molecule has 1 aromatic heterocycles. The van der Waals surface area contributed by atoms with Gasteiger partial charge in [-0.2, -0.15) is 0 Å². The van der Waals surface area contributed by atoms with E-state index in [4.69, 9.17) is 13.9 Å². The third kappa shape index (κ3) is 2.99. The molecule has 0 bridgehead atoms. The van der Waals surface area contributed by atoms with Gasteiger partial charge in [0, 0.05) is 11.5 Å². The van der Waals surface area contributed by atoms with Crippen LogP contribution >= 0.6 is 0 Å². The molecule has 5 nitrogen and oxygen atoms in total. The molecule has 5 heteroatoms. The van der Waals surface area contributed by atoms with Crippen LogP contribution in [-0.2, 0) is 4.74 Å². The fourth-order valence-corrected chi connectivity index (χ4v) is 1.75. The Kier molecular flexibility index (Phi) is 4.40. The number of rotatable bonds is 5. The molecule has 2 aromatic rings. The Morgan fingerprint density at radius 2 is 2.05 bits per heavy atom. The molecular formula is C15H16O5. The lowest BCUT2D eigenvalue weighted by atomic mass is 10.2. The molecule has 2 rings (SSSR count). The molecule has 0 aliphatic rings. The summed E-state index contributed by atoms with van der Waals surface area (Å²) in [6.45, 7) is 4.49. The van der Waals surface area contributed by atoms with Crippen molar-refractivity contribution >= 4 is 16.9 Å². The maximum atomic E-state index is 11.8. The Bertz CT molecular complexity index is 672. The fourth-order valence-electron chi connectivity index (χ4n) is 1.75. The highest BCUT2D eigenvalue weighted by atomic mass is 16.5. The minimum atomic E-state index is -0.705. The molecule has 1 heterocycles. The van der Waals surface area contributed by atoms with Crippen LogP contribution in [0.25, 0.3) is 11.0 Å². The van der Waals surface area contributed by atoms with Crippen molar-refractivity contribution in [1.82, 2.24) is 0 Å². The standard InChI is InChI=1S/C15H16O5/c1-3-7-19-11-6-5-10-8-12(14(16)18-4-2)15(17)20-13(10)9-11/h5-6,8-9H,3-4,7H2,1-2H3. The van der Waals surface area contributed by atoms with Crippen LogP contribution in [0.3, 0.4) is 0 Å². The summed E-state index contributed by atoms with van der Waals surface area (Å²) in [5.74, 6) is -0.0409. The van der Waals surface area contributed by atoms with E-state index in [1.54, 1.807) is 25.1 Å². The largest absolute Gasteiger partial charge is 0.493 e. The van der Waals surface area contributed by atoms with Crippen LogP contribution in [0.2, 0.25) is 0 Å². The summed E-state index contributed by atoms with van der Waals surface area (Å²) in [6, 6.07) is 6.63. The van der Waals surface area contributed by atoms with Crippen LogP contribution in [0.5, 0.6) is 5.75 Å². The van der Waals surface area contributed by atoms with E-state index in [1.807, 2.05) is 6.92 Å². The van der Waals surface area contributed by atoms with Crippen LogP contribution < -0.4 is 10.4 Å². The molecular weight excluding hydrogens is 260 g/mol. The van der Waals surface area contributed by atoms with Gasteiger partial charge in [0.1, 0.15) is 16.9 Å². The number of benzene rings is 1. The number of hydrogen-bond donors (Lipinski definition) is 0. The summed E-state index contributed by atoms with van der Waals surface area (Å²) >= 11 is 0. The number of carbonyl (C=O) groups is 1. The Balaban J connectivity index is 2.40. The van der Waals surface area contributed by atoms with E-state index >= 15 is 0 Å². The average molecular weight is 276 g/mol. The van der Waals surface area contributed by atoms with Gasteiger partial charge in [-0.1, -0.05) is 6.92 Å². The van der Waals surface area contributed by atoms with Gasteiger partial charge in [-0.15, -0.1) is 0 Å². The molecule has 0 saturated carbocycles. The van der Waals surface area contributed by atoms with Gasteiger partial charge in [-0.05, 0) is 31.5 Å². The van der Waals surface area contributed by atoms with E-state index in [0.717, 1.165) is 6.42 Å². The molecule has 0 atom stereocenters. The average Bonchev–Trinajstić information content (AvgIpc) is 2.44. The summed E-state index contributed by atoms with van der Waals surface area (Å²) in [5, 5.41) is 0.650. The van der Waals surface area contributed by atoms with Gasteiger partial charge in [-0.3, -0.25) is 0 Å². The van der Waals surface area contributed by atoms with E-state index < -0.39 is 11.6 Å². The van der Waals surface area contributed by atoms with Gasteiger partial charge < -0.3 is 13.9 Å². The zero-order chi connectivity index (χ0) is 14.5. The van der Waals surface area contributed by atoms with E-state index in [0.29, 0.717) is 23.3 Å². The molecule has 0 saturated heterocycles. The highest BCUT2D eigenvalue weighted by Crippen LogP contribution is 2.20. The summed E-state index contributed by atoms with van der Waals surface area (Å²) in [7, 11) is 0. The smallest absolute Gasteiger partial charge is 0.351 e. The molecule has 0 fully saturated rings. The van der Waals surface area contributed by atoms with Crippen LogP contribution in [0, 0.1) is 0 Å². The number of ether oxygens (including phenoxy) is 2. The maximum absolute atomic E-state index is 11.8. The zero-order valence-electron chi connectivity index (χ0n) is 11.5. The maximum Gasteiger partial charge on any atom is 0.351 e. The third-order valence-corrected chi connectivity index (χ3v) is 2.68. The van der Waals surface area contributed by atoms with Crippen LogP contribution in [0.15, 0.2) is 33.5 Å². The van der Waals surface area contributed by atoms with Crippen LogP contribution in [0.1, 0.15) is 30.6 Å². The van der Waals surface area contributed by atoms with E-state index in [1.165, 1.54) is 6.07 Å². The zero-order valence-corrected chi connectivity index (χ0v) is 11.5. The van der Waals surface area contributed by atoms with Crippen LogP contribution in [0.4, 0.5) is 0 Å². The van der Waals surface area contributed by atoms with Crippen molar-refractivity contribution in [3.63, 3.8) is 0 Å². The van der Waals surface area contributed by atoms with Gasteiger partial charge in [0.25, 0.3) is 0 Å². The van der Waals surface area contributed by atoms with Crippen LogP contribution in [-0.4, -0.2) is 19.2 Å². The lowest BCUT2D eigenvalue weighted by Gasteiger charge is -2.06. The van der Waals surface area contributed by atoms with Gasteiger partial charge in [0.15, 0.2) is 0 Å². The monoisotopic (exact) mass is 276 g/mol. The van der Waals surface area contributed by atoms with Gasteiger partial charge in [0.05, 0.1) is 13.2 Å². The number of hydrogen-bond acceptors (Lipinski definition) is 5. The van der Waals surface area contributed by atoms with Gasteiger partial charge in [0.2, 0.25) is 0 Å². The molecule has 0 radical (unpaired) electrons. The first-order chi connectivity index (χ1) is 9.65. The van der Waals surface area contributed by atoms with E-state index in [9.17, 15) is 9.59 Å². The first kappa shape index (κ1) is 14.1. The van der Waals surface area contributed by atoms with Crippen molar-refractivity contribution in [2.45, 2.75) is 20.3 Å². The van der Waals surface area contributed by atoms with E-state index in [-0.39, 0.29) is 12.2 Å². The van der Waals surface area contributed by atoms with Gasteiger partial charge in [-0.25, -0.2) is 9.59 Å². The van der Waals surface area contributed by atoms with Crippen molar-refractivity contribution in [2.75, 3.05) is 13.2 Å². The van der Waals surface area contributed by atoms with Crippen molar-refractivity contribution in [3.05, 3.63) is 40.2 Å². The molecule has 0 N–H and O–H groups in total. The number of fused-ring (bicyclic) bond motifs is 1. The second-order valence-electron chi connectivity index (χ2n) is 4.22. The predicted molar refractivity (Wildman–Crippen MR) is 74.2 cm³/mol. The number of esters is 1. The SMILES string of the molecule is CCCOc1ccc2cc(C(=O)OCC)c(=O)oc2c1. The Hall–Kier alpha value is -2.30. The lowest BCUT2D eigenvalue weighted by Crippen LogP contribution is -2.16. The molecule has 106 valence electrons. The van der Waals surface area contributed by atoms with Crippen molar-refractivity contribution in [2.24, 2.45) is 0 Å². The minimum absolute atomic E-state index is 0.0958. The highest BCUT2D eigenvalue weighted by Gasteiger charge is 2.14. The molecule has 0 aliphatic carbocycles. The first-order valence-corrected chi connectivity index (χ1v) is 6.53. The quantitative estimate of drug-likeness (QED) is 0.620. The second-order valence-corrected chi connectivity index (χ2v) is 4.22. The first-order valence-electron chi connectivity index (χ1n) is 6.53. The highest BCUT2D eigenvalue weighted by molar-refractivity contribution is 5.93. The minimum Gasteiger partial charge on any atom is -0.493 e. The van der Waals surface area contributed by atoms with Crippen molar-refractivity contribution in [3.8, 4) is 5.75 Å². The summed E-state index contributed by atoms with van der Waals surface area (Å²) in [5.41, 5.74) is -0.415. The molecule has 0 unspecified atom stereocenters. The molecule has 1 aromatic carbocycles. The summed E-state index contributed by atoms with van der Waals surface area (Å²) in [6.07, 6.45) is 0.893. The molecule has 0 amide bonds. The second kappa shape index (κ2) is 6.23. The Morgan fingerprint density at radius 1 is 1.25 bits per heavy atom. The summed E-state index contributed by atoms with van der Waals surface area (Å²) < 4.78 is 15.4. The molecule has 20 heavy (non-hydrogen) atoms.